The number of hydrogen-bond acceptors (Lipinski definition) is 3. The minimum absolute atomic E-state index is 0.504. The van der Waals surface area contributed by atoms with Gasteiger partial charge < -0.3 is 10.5 Å². The van der Waals surface area contributed by atoms with Crippen molar-refractivity contribution in [2.24, 2.45) is 5.92 Å². The lowest BCUT2D eigenvalue weighted by Crippen LogP contribution is -2.06. The summed E-state index contributed by atoms with van der Waals surface area (Å²) in [6, 6.07) is 1.73. The van der Waals surface area contributed by atoms with E-state index in [1.165, 1.54) is 0 Å². The standard InChI is InChI=1S/C9H14N2O/c1-7(2)6-12-9-5-11-4-3-8(9)10/h3-5,7H,6H2,1-2H3,(H2,10,11). The third-order valence-corrected chi connectivity index (χ3v) is 1.39. The van der Waals surface area contributed by atoms with Crippen LogP contribution >= 0.6 is 0 Å². The van der Waals surface area contributed by atoms with E-state index in [0.29, 0.717) is 24.0 Å². The summed E-state index contributed by atoms with van der Waals surface area (Å²) >= 11 is 0. The van der Waals surface area contributed by atoms with Crippen molar-refractivity contribution >= 4 is 5.69 Å². The first-order valence-electron chi connectivity index (χ1n) is 4.02. The first-order chi connectivity index (χ1) is 5.70. The van der Waals surface area contributed by atoms with Gasteiger partial charge in [0.25, 0.3) is 0 Å². The van der Waals surface area contributed by atoms with Crippen molar-refractivity contribution in [3.05, 3.63) is 18.5 Å². The smallest absolute Gasteiger partial charge is 0.160 e. The van der Waals surface area contributed by atoms with Gasteiger partial charge in [0.1, 0.15) is 0 Å². The Morgan fingerprint density at radius 1 is 1.58 bits per heavy atom. The first-order valence-corrected chi connectivity index (χ1v) is 4.02. The van der Waals surface area contributed by atoms with E-state index in [-0.39, 0.29) is 0 Å². The fourth-order valence-corrected chi connectivity index (χ4v) is 0.768. The number of nitrogens with zero attached hydrogens (tertiary/aromatic N) is 1. The average Bonchev–Trinajstić information content (AvgIpc) is 2.03. The van der Waals surface area contributed by atoms with Crippen molar-refractivity contribution in [3.63, 3.8) is 0 Å². The van der Waals surface area contributed by atoms with Crippen LogP contribution in [0.4, 0.5) is 5.69 Å². The molecule has 0 atom stereocenters. The second kappa shape index (κ2) is 3.95. The number of nitrogens with two attached hydrogens (primary N) is 1. The molecule has 0 saturated carbocycles. The highest BCUT2D eigenvalue weighted by Gasteiger charge is 2.00. The number of hydrogen-bond donors (Lipinski definition) is 1. The van der Waals surface area contributed by atoms with Crippen LogP contribution in [0.1, 0.15) is 13.8 Å². The van der Waals surface area contributed by atoms with Crippen LogP contribution in [0.5, 0.6) is 5.75 Å². The van der Waals surface area contributed by atoms with E-state index >= 15 is 0 Å². The molecule has 0 saturated heterocycles. The van der Waals surface area contributed by atoms with Gasteiger partial charge in [0.05, 0.1) is 18.5 Å². The summed E-state index contributed by atoms with van der Waals surface area (Å²) in [5.41, 5.74) is 6.29. The van der Waals surface area contributed by atoms with Crippen molar-refractivity contribution in [1.82, 2.24) is 4.98 Å². The lowest BCUT2D eigenvalue weighted by molar-refractivity contribution is 0.271. The molecule has 1 aromatic rings. The molecule has 0 aliphatic carbocycles. The quantitative estimate of drug-likeness (QED) is 0.743. The van der Waals surface area contributed by atoms with Crippen LogP contribution in [0, 0.1) is 5.92 Å². The molecule has 12 heavy (non-hydrogen) atoms. The van der Waals surface area contributed by atoms with E-state index in [1.54, 1.807) is 18.5 Å². The molecule has 0 bridgehead atoms. The summed E-state index contributed by atoms with van der Waals surface area (Å²) in [6.45, 7) is 4.86. The maximum absolute atomic E-state index is 5.64. The van der Waals surface area contributed by atoms with Gasteiger partial charge in [-0.25, -0.2) is 0 Å². The largest absolute Gasteiger partial charge is 0.490 e. The topological polar surface area (TPSA) is 48.1 Å². The van der Waals surface area contributed by atoms with Crippen molar-refractivity contribution < 1.29 is 4.74 Å². The van der Waals surface area contributed by atoms with Gasteiger partial charge in [-0.05, 0) is 12.0 Å². The van der Waals surface area contributed by atoms with Crippen molar-refractivity contribution in [1.29, 1.82) is 0 Å². The Morgan fingerprint density at radius 3 is 2.92 bits per heavy atom. The van der Waals surface area contributed by atoms with E-state index in [0.717, 1.165) is 0 Å². The monoisotopic (exact) mass is 166 g/mol. The Labute approximate surface area is 72.6 Å². The van der Waals surface area contributed by atoms with Crippen LogP contribution < -0.4 is 10.5 Å². The van der Waals surface area contributed by atoms with Crippen molar-refractivity contribution in [2.45, 2.75) is 13.8 Å². The fraction of sp³-hybridized carbons (Fsp3) is 0.444. The van der Waals surface area contributed by atoms with E-state index in [9.17, 15) is 0 Å². The number of nitrogen functional groups attached to an aromatic ring is 1. The zero-order chi connectivity index (χ0) is 8.97. The van der Waals surface area contributed by atoms with Crippen LogP contribution in [0.2, 0.25) is 0 Å². The zero-order valence-corrected chi connectivity index (χ0v) is 7.45. The van der Waals surface area contributed by atoms with Gasteiger partial charge >= 0.3 is 0 Å². The molecule has 0 amide bonds. The number of aromatic nitrogens is 1. The molecule has 2 N–H and O–H groups in total. The first kappa shape index (κ1) is 8.84. The lowest BCUT2D eigenvalue weighted by Gasteiger charge is -2.09. The summed E-state index contributed by atoms with van der Waals surface area (Å²) in [5, 5.41) is 0. The Morgan fingerprint density at radius 2 is 2.33 bits per heavy atom. The molecule has 3 heteroatoms. The van der Waals surface area contributed by atoms with Crippen LogP contribution in [0.25, 0.3) is 0 Å². The van der Waals surface area contributed by atoms with E-state index in [1.807, 2.05) is 0 Å². The molecule has 0 unspecified atom stereocenters. The molecule has 1 rings (SSSR count). The Bertz CT molecular complexity index is 248. The van der Waals surface area contributed by atoms with Crippen molar-refractivity contribution in [3.8, 4) is 5.75 Å². The second-order valence-electron chi connectivity index (χ2n) is 3.12. The molecule has 0 aromatic carbocycles. The van der Waals surface area contributed by atoms with E-state index < -0.39 is 0 Å². The molecule has 0 aliphatic heterocycles. The van der Waals surface area contributed by atoms with Gasteiger partial charge in [-0.3, -0.25) is 4.98 Å². The van der Waals surface area contributed by atoms with E-state index in [2.05, 4.69) is 18.8 Å². The normalized spacial score (nSPS) is 10.2. The van der Waals surface area contributed by atoms with Crippen LogP contribution in [0.15, 0.2) is 18.5 Å². The van der Waals surface area contributed by atoms with Gasteiger partial charge in [-0.1, -0.05) is 13.8 Å². The average molecular weight is 166 g/mol. The number of rotatable bonds is 3. The Balaban J connectivity index is 2.57. The molecule has 0 spiro atoms. The van der Waals surface area contributed by atoms with Crippen LogP contribution in [0.3, 0.4) is 0 Å². The van der Waals surface area contributed by atoms with Gasteiger partial charge in [-0.2, -0.15) is 0 Å². The highest BCUT2D eigenvalue weighted by Crippen LogP contribution is 2.18. The summed E-state index contributed by atoms with van der Waals surface area (Å²) < 4.78 is 5.41. The van der Waals surface area contributed by atoms with E-state index in [4.69, 9.17) is 10.5 Å². The highest BCUT2D eigenvalue weighted by atomic mass is 16.5. The lowest BCUT2D eigenvalue weighted by atomic mass is 10.2. The summed E-state index contributed by atoms with van der Waals surface area (Å²) in [5.74, 6) is 1.18. The molecular formula is C9H14N2O. The summed E-state index contributed by atoms with van der Waals surface area (Å²) in [4.78, 5) is 3.92. The number of ether oxygens (including phenoxy) is 1. The second-order valence-corrected chi connectivity index (χ2v) is 3.12. The summed E-state index contributed by atoms with van der Waals surface area (Å²) in [6.07, 6.45) is 3.29. The molecule has 3 nitrogen and oxygen atoms in total. The van der Waals surface area contributed by atoms with Crippen molar-refractivity contribution in [2.75, 3.05) is 12.3 Å². The van der Waals surface area contributed by atoms with Gasteiger partial charge in [0, 0.05) is 6.20 Å². The predicted octanol–water partition coefficient (Wildman–Crippen LogP) is 1.70. The molecule has 1 aromatic heterocycles. The number of pyridine rings is 1. The fourth-order valence-electron chi connectivity index (χ4n) is 0.768. The maximum Gasteiger partial charge on any atom is 0.160 e. The minimum atomic E-state index is 0.504. The third kappa shape index (κ3) is 2.42. The zero-order valence-electron chi connectivity index (χ0n) is 7.45. The maximum atomic E-state index is 5.64. The molecule has 1 heterocycles. The molecule has 66 valence electrons. The van der Waals surface area contributed by atoms with Crippen LogP contribution in [-0.4, -0.2) is 11.6 Å². The van der Waals surface area contributed by atoms with Gasteiger partial charge in [0.2, 0.25) is 0 Å². The Kier molecular flexibility index (Phi) is 2.91. The molecule has 0 aliphatic rings. The molecule has 0 fully saturated rings. The molecular weight excluding hydrogens is 152 g/mol. The van der Waals surface area contributed by atoms with Crippen LogP contribution in [-0.2, 0) is 0 Å². The van der Waals surface area contributed by atoms with Gasteiger partial charge in [-0.15, -0.1) is 0 Å². The van der Waals surface area contributed by atoms with Gasteiger partial charge in [0.15, 0.2) is 5.75 Å². The highest BCUT2D eigenvalue weighted by molar-refractivity contribution is 5.49. The third-order valence-electron chi connectivity index (χ3n) is 1.39. The Hall–Kier alpha value is -1.25. The predicted molar refractivity (Wildman–Crippen MR) is 49.0 cm³/mol. The molecule has 0 radical (unpaired) electrons. The summed E-state index contributed by atoms with van der Waals surface area (Å²) in [7, 11) is 0. The SMILES string of the molecule is CC(C)COc1cnccc1N. The minimum Gasteiger partial charge on any atom is -0.490 e. The number of anilines is 1.